The van der Waals surface area contributed by atoms with Crippen LogP contribution in [0.25, 0.3) is 0 Å². The molecule has 0 bridgehead atoms. The molecule has 1 unspecified atom stereocenters. The third-order valence-corrected chi connectivity index (χ3v) is 3.05. The summed E-state index contributed by atoms with van der Waals surface area (Å²) in [4.78, 5) is 13.8. The Kier molecular flexibility index (Phi) is 4.02. The van der Waals surface area contributed by atoms with Crippen molar-refractivity contribution in [2.45, 2.75) is 19.5 Å². The van der Waals surface area contributed by atoms with Gasteiger partial charge in [0, 0.05) is 7.05 Å². The predicted octanol–water partition coefficient (Wildman–Crippen LogP) is 2.25. The number of likely N-dealkylation sites (N-methyl/N-ethyl adjacent to an activating group) is 1. The Labute approximate surface area is 112 Å². The lowest BCUT2D eigenvalue weighted by Gasteiger charge is -2.20. The fourth-order valence-corrected chi connectivity index (χ4v) is 1.87. The molecule has 2 rings (SSSR count). The molecule has 100 valence electrons. The molecule has 0 aliphatic carbocycles. The molecule has 2 N–H and O–H groups in total. The third kappa shape index (κ3) is 3.23. The molecule has 4 heteroatoms. The monoisotopic (exact) mass is 258 g/mol. The van der Waals surface area contributed by atoms with E-state index in [9.17, 15) is 4.79 Å². The van der Waals surface area contributed by atoms with Gasteiger partial charge in [0.1, 0.15) is 11.8 Å². The minimum atomic E-state index is -0.638. The minimum Gasteiger partial charge on any atom is -0.467 e. The number of carbonyl (C=O) groups is 1. The van der Waals surface area contributed by atoms with Crippen LogP contribution in [0, 0.1) is 6.92 Å². The van der Waals surface area contributed by atoms with Gasteiger partial charge in [-0.3, -0.25) is 4.79 Å². The SMILES string of the molecule is Cc1ccc(C(N)C(=O)N(C)Cc2ccco2)cc1. The lowest BCUT2D eigenvalue weighted by atomic mass is 10.0. The topological polar surface area (TPSA) is 59.5 Å². The Hall–Kier alpha value is -2.07. The van der Waals surface area contributed by atoms with Crippen molar-refractivity contribution in [2.75, 3.05) is 7.05 Å². The van der Waals surface area contributed by atoms with Gasteiger partial charge < -0.3 is 15.1 Å². The maximum Gasteiger partial charge on any atom is 0.244 e. The van der Waals surface area contributed by atoms with Gasteiger partial charge in [-0.2, -0.15) is 0 Å². The molecule has 1 heterocycles. The highest BCUT2D eigenvalue weighted by Gasteiger charge is 2.20. The van der Waals surface area contributed by atoms with E-state index in [1.54, 1.807) is 24.3 Å². The van der Waals surface area contributed by atoms with Gasteiger partial charge in [0.2, 0.25) is 5.91 Å². The molecule has 4 nitrogen and oxygen atoms in total. The van der Waals surface area contributed by atoms with Crippen molar-refractivity contribution >= 4 is 5.91 Å². The summed E-state index contributed by atoms with van der Waals surface area (Å²) in [5, 5.41) is 0. The zero-order valence-electron chi connectivity index (χ0n) is 11.2. The van der Waals surface area contributed by atoms with Crippen molar-refractivity contribution in [1.29, 1.82) is 0 Å². The molecule has 1 amide bonds. The molecule has 0 fully saturated rings. The Morgan fingerprint density at radius 1 is 1.32 bits per heavy atom. The van der Waals surface area contributed by atoms with Crippen molar-refractivity contribution in [3.63, 3.8) is 0 Å². The molecule has 2 aromatic rings. The van der Waals surface area contributed by atoms with Crippen LogP contribution >= 0.6 is 0 Å². The number of rotatable bonds is 4. The molecular formula is C15H18N2O2. The zero-order chi connectivity index (χ0) is 13.8. The first kappa shape index (κ1) is 13.4. The number of benzene rings is 1. The van der Waals surface area contributed by atoms with Crippen molar-refractivity contribution < 1.29 is 9.21 Å². The second-order valence-electron chi connectivity index (χ2n) is 4.66. The number of hydrogen-bond donors (Lipinski definition) is 1. The normalized spacial score (nSPS) is 12.2. The number of aryl methyl sites for hydroxylation is 1. The van der Waals surface area contributed by atoms with Gasteiger partial charge in [0.25, 0.3) is 0 Å². The van der Waals surface area contributed by atoms with E-state index < -0.39 is 6.04 Å². The summed E-state index contributed by atoms with van der Waals surface area (Å²) in [6.45, 7) is 2.42. The molecule has 0 aliphatic rings. The first-order valence-corrected chi connectivity index (χ1v) is 6.17. The Morgan fingerprint density at radius 2 is 2.00 bits per heavy atom. The van der Waals surface area contributed by atoms with Gasteiger partial charge in [0.15, 0.2) is 0 Å². The number of nitrogens with two attached hydrogens (primary N) is 1. The Balaban J connectivity index is 2.04. The van der Waals surface area contributed by atoms with Gasteiger partial charge in [-0.25, -0.2) is 0 Å². The number of hydrogen-bond acceptors (Lipinski definition) is 3. The highest BCUT2D eigenvalue weighted by molar-refractivity contribution is 5.82. The van der Waals surface area contributed by atoms with Gasteiger partial charge >= 0.3 is 0 Å². The van der Waals surface area contributed by atoms with E-state index in [1.807, 2.05) is 37.3 Å². The van der Waals surface area contributed by atoms with Gasteiger partial charge in [-0.1, -0.05) is 29.8 Å². The van der Waals surface area contributed by atoms with Crippen molar-refractivity contribution in [1.82, 2.24) is 4.90 Å². The number of carbonyl (C=O) groups excluding carboxylic acids is 1. The summed E-state index contributed by atoms with van der Waals surface area (Å²) in [6.07, 6.45) is 1.59. The van der Waals surface area contributed by atoms with Crippen LogP contribution in [0.3, 0.4) is 0 Å². The van der Waals surface area contributed by atoms with Crippen LogP contribution < -0.4 is 5.73 Å². The molecule has 0 aliphatic heterocycles. The summed E-state index contributed by atoms with van der Waals surface area (Å²) in [5.41, 5.74) is 7.96. The summed E-state index contributed by atoms with van der Waals surface area (Å²) in [6, 6.07) is 10.7. The van der Waals surface area contributed by atoms with Crippen LogP contribution in [0.2, 0.25) is 0 Å². The van der Waals surface area contributed by atoms with Gasteiger partial charge in [-0.15, -0.1) is 0 Å². The van der Waals surface area contributed by atoms with Crippen LogP contribution in [0.1, 0.15) is 22.9 Å². The summed E-state index contributed by atoms with van der Waals surface area (Å²) >= 11 is 0. The van der Waals surface area contributed by atoms with E-state index in [-0.39, 0.29) is 5.91 Å². The van der Waals surface area contributed by atoms with Crippen molar-refractivity contribution in [2.24, 2.45) is 5.73 Å². The molecule has 0 spiro atoms. The molecule has 1 aromatic carbocycles. The van der Waals surface area contributed by atoms with Crippen LogP contribution in [0.5, 0.6) is 0 Å². The highest BCUT2D eigenvalue weighted by atomic mass is 16.3. The maximum atomic E-state index is 12.2. The van der Waals surface area contributed by atoms with Gasteiger partial charge in [0.05, 0.1) is 12.8 Å². The van der Waals surface area contributed by atoms with Crippen molar-refractivity contribution in [3.05, 3.63) is 59.5 Å². The van der Waals surface area contributed by atoms with Crippen LogP contribution in [0.4, 0.5) is 0 Å². The van der Waals surface area contributed by atoms with Crippen LogP contribution in [-0.4, -0.2) is 17.9 Å². The zero-order valence-corrected chi connectivity index (χ0v) is 11.2. The summed E-state index contributed by atoms with van der Waals surface area (Å²) < 4.78 is 5.22. The lowest BCUT2D eigenvalue weighted by molar-refractivity contribution is -0.132. The number of amides is 1. The summed E-state index contributed by atoms with van der Waals surface area (Å²) in [7, 11) is 1.72. The third-order valence-electron chi connectivity index (χ3n) is 3.05. The van der Waals surface area contributed by atoms with E-state index in [4.69, 9.17) is 10.2 Å². The average molecular weight is 258 g/mol. The van der Waals surface area contributed by atoms with E-state index in [0.29, 0.717) is 6.54 Å². The second kappa shape index (κ2) is 5.71. The molecule has 0 radical (unpaired) electrons. The largest absolute Gasteiger partial charge is 0.467 e. The molecular weight excluding hydrogens is 240 g/mol. The smallest absolute Gasteiger partial charge is 0.244 e. The van der Waals surface area contributed by atoms with Crippen LogP contribution in [0.15, 0.2) is 47.1 Å². The fourth-order valence-electron chi connectivity index (χ4n) is 1.87. The molecule has 0 saturated heterocycles. The lowest BCUT2D eigenvalue weighted by Crippen LogP contribution is -2.35. The maximum absolute atomic E-state index is 12.2. The molecule has 1 aromatic heterocycles. The molecule has 1 atom stereocenters. The van der Waals surface area contributed by atoms with E-state index in [1.165, 1.54) is 0 Å². The van der Waals surface area contributed by atoms with E-state index >= 15 is 0 Å². The average Bonchev–Trinajstić information content (AvgIpc) is 2.90. The first-order chi connectivity index (χ1) is 9.08. The number of nitrogens with zero attached hydrogens (tertiary/aromatic N) is 1. The van der Waals surface area contributed by atoms with E-state index in [2.05, 4.69) is 0 Å². The quantitative estimate of drug-likeness (QED) is 0.915. The Morgan fingerprint density at radius 3 is 2.58 bits per heavy atom. The molecule has 0 saturated carbocycles. The van der Waals surface area contributed by atoms with E-state index in [0.717, 1.165) is 16.9 Å². The summed E-state index contributed by atoms with van der Waals surface area (Å²) in [5.74, 6) is 0.618. The highest BCUT2D eigenvalue weighted by Crippen LogP contribution is 2.15. The van der Waals surface area contributed by atoms with Gasteiger partial charge in [-0.05, 0) is 24.6 Å². The minimum absolute atomic E-state index is 0.125. The Bertz CT molecular complexity index is 532. The molecule has 19 heavy (non-hydrogen) atoms. The number of furan rings is 1. The second-order valence-corrected chi connectivity index (χ2v) is 4.66. The fraction of sp³-hybridized carbons (Fsp3) is 0.267. The van der Waals surface area contributed by atoms with Crippen LogP contribution in [-0.2, 0) is 11.3 Å². The standard InChI is InChI=1S/C15H18N2O2/c1-11-5-7-12(8-6-11)14(16)15(18)17(2)10-13-4-3-9-19-13/h3-9,14H,10,16H2,1-2H3. The van der Waals surface area contributed by atoms with Crippen molar-refractivity contribution in [3.8, 4) is 0 Å². The first-order valence-electron chi connectivity index (χ1n) is 6.17. The predicted molar refractivity (Wildman–Crippen MR) is 73.3 cm³/mol.